The molecule has 1 fully saturated rings. The number of halogens is 1. The largest absolute Gasteiger partial charge is 0.329 e. The van der Waals surface area contributed by atoms with Crippen LogP contribution in [0, 0.1) is 5.41 Å². The lowest BCUT2D eigenvalue weighted by Gasteiger charge is -2.31. The van der Waals surface area contributed by atoms with Crippen molar-refractivity contribution in [1.82, 2.24) is 4.90 Å². The maximum atomic E-state index is 6.33. The fraction of sp³-hybridized carbons (Fsp3) is 0.625. The summed E-state index contributed by atoms with van der Waals surface area (Å²) in [6, 6.07) is 8.34. The molecular formula is C16H25ClN2. The van der Waals surface area contributed by atoms with Crippen LogP contribution in [0.3, 0.4) is 0 Å². The van der Waals surface area contributed by atoms with Crippen molar-refractivity contribution < 1.29 is 0 Å². The second kappa shape index (κ2) is 6.25. The Balaban J connectivity index is 2.16. The van der Waals surface area contributed by atoms with E-state index in [-0.39, 0.29) is 6.04 Å². The molecule has 2 nitrogen and oxygen atoms in total. The van der Waals surface area contributed by atoms with E-state index < -0.39 is 0 Å². The highest BCUT2D eigenvalue weighted by atomic mass is 35.5. The molecule has 1 aromatic rings. The van der Waals surface area contributed by atoms with Crippen LogP contribution in [0.25, 0.3) is 0 Å². The first-order valence-electron chi connectivity index (χ1n) is 7.22. The molecule has 1 aliphatic heterocycles. The van der Waals surface area contributed by atoms with Crippen LogP contribution >= 0.6 is 11.6 Å². The maximum Gasteiger partial charge on any atom is 0.0485 e. The summed E-state index contributed by atoms with van der Waals surface area (Å²) in [5.41, 5.74) is 7.65. The van der Waals surface area contributed by atoms with Gasteiger partial charge in [-0.25, -0.2) is 0 Å². The van der Waals surface area contributed by atoms with Crippen LogP contribution in [0.1, 0.15) is 44.7 Å². The Bertz CT molecular complexity index is 417. The van der Waals surface area contributed by atoms with Gasteiger partial charge in [-0.05, 0) is 49.4 Å². The van der Waals surface area contributed by atoms with Gasteiger partial charge >= 0.3 is 0 Å². The smallest absolute Gasteiger partial charge is 0.0485 e. The van der Waals surface area contributed by atoms with Crippen LogP contribution < -0.4 is 5.73 Å². The second-order valence-corrected chi connectivity index (χ2v) is 6.73. The zero-order valence-corrected chi connectivity index (χ0v) is 12.8. The Morgan fingerprint density at radius 2 is 2.00 bits per heavy atom. The normalized spacial score (nSPS) is 21.9. The fourth-order valence-corrected chi connectivity index (χ4v) is 3.24. The van der Waals surface area contributed by atoms with E-state index in [1.165, 1.54) is 24.8 Å². The van der Waals surface area contributed by atoms with Gasteiger partial charge in [0.05, 0.1) is 0 Å². The Hall–Kier alpha value is -0.570. The predicted octanol–water partition coefficient (Wildman–Crippen LogP) is 3.85. The van der Waals surface area contributed by atoms with Gasteiger partial charge in [0.2, 0.25) is 0 Å². The minimum absolute atomic E-state index is 0.252. The third-order valence-electron chi connectivity index (χ3n) is 4.30. The molecule has 3 heteroatoms. The lowest BCUT2D eigenvalue weighted by Crippen LogP contribution is -2.35. The minimum atomic E-state index is 0.252. The van der Waals surface area contributed by atoms with Crippen molar-refractivity contribution in [1.29, 1.82) is 0 Å². The van der Waals surface area contributed by atoms with Crippen molar-refractivity contribution in [2.45, 2.75) is 39.2 Å². The monoisotopic (exact) mass is 280 g/mol. The molecule has 1 aliphatic rings. The van der Waals surface area contributed by atoms with Crippen molar-refractivity contribution in [2.24, 2.45) is 11.1 Å². The number of nitrogens with zero attached hydrogens (tertiary/aromatic N) is 1. The SMILES string of the molecule is CC1(C)CCCN(C(CN)c2ccccc2Cl)CC1. The van der Waals surface area contributed by atoms with Gasteiger partial charge in [-0.1, -0.05) is 43.6 Å². The summed E-state index contributed by atoms with van der Waals surface area (Å²) in [5.74, 6) is 0. The molecular weight excluding hydrogens is 256 g/mol. The molecule has 1 unspecified atom stereocenters. The highest BCUT2D eigenvalue weighted by Crippen LogP contribution is 2.34. The van der Waals surface area contributed by atoms with Gasteiger partial charge in [-0.15, -0.1) is 0 Å². The molecule has 106 valence electrons. The summed E-state index contributed by atoms with van der Waals surface area (Å²) in [6.07, 6.45) is 3.77. The van der Waals surface area contributed by atoms with E-state index in [4.69, 9.17) is 17.3 Å². The molecule has 19 heavy (non-hydrogen) atoms. The summed E-state index contributed by atoms with van der Waals surface area (Å²) >= 11 is 6.33. The van der Waals surface area contributed by atoms with Gasteiger partial charge in [-0.2, -0.15) is 0 Å². The standard InChI is InChI=1S/C16H25ClN2/c1-16(2)8-5-10-19(11-9-16)15(12-18)13-6-3-4-7-14(13)17/h3-4,6-7,15H,5,8-12,18H2,1-2H3. The Labute approximate surface area is 121 Å². The van der Waals surface area contributed by atoms with Gasteiger partial charge in [-0.3, -0.25) is 4.90 Å². The van der Waals surface area contributed by atoms with Crippen LogP contribution in [0.5, 0.6) is 0 Å². The highest BCUT2D eigenvalue weighted by molar-refractivity contribution is 6.31. The van der Waals surface area contributed by atoms with Gasteiger partial charge in [0, 0.05) is 17.6 Å². The first kappa shape index (κ1) is 14.8. The number of hydrogen-bond donors (Lipinski definition) is 1. The van der Waals surface area contributed by atoms with Crippen LogP contribution in [0.4, 0.5) is 0 Å². The van der Waals surface area contributed by atoms with Crippen molar-refractivity contribution in [3.63, 3.8) is 0 Å². The Kier molecular flexibility index (Phi) is 4.88. The van der Waals surface area contributed by atoms with Gasteiger partial charge < -0.3 is 5.73 Å². The summed E-state index contributed by atoms with van der Waals surface area (Å²) in [5, 5.41) is 0.835. The number of likely N-dealkylation sites (tertiary alicyclic amines) is 1. The number of hydrogen-bond acceptors (Lipinski definition) is 2. The average Bonchev–Trinajstić information content (AvgIpc) is 2.54. The van der Waals surface area contributed by atoms with E-state index in [0.717, 1.165) is 18.1 Å². The van der Waals surface area contributed by atoms with E-state index in [1.54, 1.807) is 0 Å². The molecule has 1 saturated heterocycles. The van der Waals surface area contributed by atoms with Gasteiger partial charge in [0.15, 0.2) is 0 Å². The predicted molar refractivity (Wildman–Crippen MR) is 82.5 cm³/mol. The number of benzene rings is 1. The third-order valence-corrected chi connectivity index (χ3v) is 4.65. The third kappa shape index (κ3) is 3.71. The number of rotatable bonds is 3. The lowest BCUT2D eigenvalue weighted by molar-refractivity contribution is 0.200. The quantitative estimate of drug-likeness (QED) is 0.911. The summed E-state index contributed by atoms with van der Waals surface area (Å²) in [4.78, 5) is 2.51. The topological polar surface area (TPSA) is 29.3 Å². The van der Waals surface area contributed by atoms with Crippen LogP contribution in [0.2, 0.25) is 5.02 Å². The molecule has 1 aromatic carbocycles. The Morgan fingerprint density at radius 3 is 2.68 bits per heavy atom. The molecule has 1 atom stereocenters. The molecule has 0 amide bonds. The van der Waals surface area contributed by atoms with Crippen LogP contribution in [-0.4, -0.2) is 24.5 Å². The van der Waals surface area contributed by atoms with Crippen molar-refractivity contribution in [3.05, 3.63) is 34.9 Å². The van der Waals surface area contributed by atoms with Crippen molar-refractivity contribution >= 4 is 11.6 Å². The van der Waals surface area contributed by atoms with Crippen molar-refractivity contribution in [3.8, 4) is 0 Å². The van der Waals surface area contributed by atoms with Crippen molar-refractivity contribution in [2.75, 3.05) is 19.6 Å². The van der Waals surface area contributed by atoms with Gasteiger partial charge in [0.1, 0.15) is 0 Å². The summed E-state index contributed by atoms with van der Waals surface area (Å²) < 4.78 is 0. The summed E-state index contributed by atoms with van der Waals surface area (Å²) in [7, 11) is 0. The first-order chi connectivity index (χ1) is 9.03. The maximum absolute atomic E-state index is 6.33. The molecule has 0 bridgehead atoms. The molecule has 0 radical (unpaired) electrons. The molecule has 1 heterocycles. The van der Waals surface area contributed by atoms with Gasteiger partial charge in [0.25, 0.3) is 0 Å². The zero-order chi connectivity index (χ0) is 13.9. The molecule has 2 N–H and O–H groups in total. The lowest BCUT2D eigenvalue weighted by atomic mass is 9.85. The fourth-order valence-electron chi connectivity index (χ4n) is 2.97. The number of nitrogens with two attached hydrogens (primary N) is 1. The Morgan fingerprint density at radius 1 is 1.26 bits per heavy atom. The van der Waals surface area contributed by atoms with E-state index in [1.807, 2.05) is 18.2 Å². The molecule has 0 spiro atoms. The summed E-state index contributed by atoms with van der Waals surface area (Å²) in [6.45, 7) is 7.59. The van der Waals surface area contributed by atoms with E-state index in [0.29, 0.717) is 12.0 Å². The van der Waals surface area contributed by atoms with Crippen LogP contribution in [0.15, 0.2) is 24.3 Å². The van der Waals surface area contributed by atoms with Crippen LogP contribution in [-0.2, 0) is 0 Å². The van der Waals surface area contributed by atoms with E-state index >= 15 is 0 Å². The molecule has 0 aliphatic carbocycles. The van der Waals surface area contributed by atoms with E-state index in [2.05, 4.69) is 24.8 Å². The molecule has 0 saturated carbocycles. The van der Waals surface area contributed by atoms with E-state index in [9.17, 15) is 0 Å². The second-order valence-electron chi connectivity index (χ2n) is 6.33. The molecule has 0 aromatic heterocycles. The molecule has 2 rings (SSSR count). The minimum Gasteiger partial charge on any atom is -0.329 e. The average molecular weight is 281 g/mol. The zero-order valence-electron chi connectivity index (χ0n) is 12.0. The first-order valence-corrected chi connectivity index (χ1v) is 7.60. The highest BCUT2D eigenvalue weighted by Gasteiger charge is 2.27.